The second-order valence-corrected chi connectivity index (χ2v) is 2.85. The van der Waals surface area contributed by atoms with Crippen LogP contribution >= 0.6 is 11.6 Å². The number of anilines is 1. The fourth-order valence-electron chi connectivity index (χ4n) is 0.953. The molecule has 0 spiro atoms. The fourth-order valence-corrected chi connectivity index (χ4v) is 1.02. The van der Waals surface area contributed by atoms with Crippen molar-refractivity contribution in [2.75, 3.05) is 18.7 Å². The number of carbonyl (C=O) groups excluding carboxylic acids is 1. The topological polar surface area (TPSA) is 65.2 Å². The van der Waals surface area contributed by atoms with Crippen LogP contribution in [0, 0.1) is 11.8 Å². The van der Waals surface area contributed by atoms with Crippen LogP contribution in [0.25, 0.3) is 0 Å². The monoisotopic (exact) mass is 224 g/mol. The summed E-state index contributed by atoms with van der Waals surface area (Å²) in [5, 5.41) is 0. The molecule has 2 N–H and O–H groups in total. The standard InChI is InChI=1S/C10H9ClN2O2/c1-15-10(14)8-5-7(3-2-4-11)6-13-9(8)12/h5-6H,4H2,1H3,(H2,12,13). The van der Waals surface area contributed by atoms with Gasteiger partial charge in [-0.05, 0) is 6.07 Å². The van der Waals surface area contributed by atoms with Crippen molar-refractivity contribution in [1.29, 1.82) is 0 Å². The van der Waals surface area contributed by atoms with Gasteiger partial charge in [-0.1, -0.05) is 11.8 Å². The number of aromatic nitrogens is 1. The molecule has 0 radical (unpaired) electrons. The summed E-state index contributed by atoms with van der Waals surface area (Å²) in [4.78, 5) is 15.1. The van der Waals surface area contributed by atoms with E-state index < -0.39 is 5.97 Å². The number of pyridine rings is 1. The van der Waals surface area contributed by atoms with Crippen LogP contribution in [-0.2, 0) is 4.74 Å². The molecule has 1 rings (SSSR count). The van der Waals surface area contributed by atoms with Gasteiger partial charge in [0, 0.05) is 11.8 Å². The van der Waals surface area contributed by atoms with E-state index in [-0.39, 0.29) is 17.3 Å². The van der Waals surface area contributed by atoms with Crippen LogP contribution in [0.5, 0.6) is 0 Å². The first-order chi connectivity index (χ1) is 7.19. The molecule has 4 nitrogen and oxygen atoms in total. The first kappa shape index (κ1) is 11.3. The lowest BCUT2D eigenvalue weighted by molar-refractivity contribution is 0.0601. The summed E-state index contributed by atoms with van der Waals surface area (Å²) in [7, 11) is 1.28. The van der Waals surface area contributed by atoms with Crippen LogP contribution in [0.4, 0.5) is 5.82 Å². The lowest BCUT2D eigenvalue weighted by Gasteiger charge is -2.02. The third kappa shape index (κ3) is 2.86. The number of nitrogens with two attached hydrogens (primary N) is 1. The van der Waals surface area contributed by atoms with Gasteiger partial charge in [-0.3, -0.25) is 0 Å². The highest BCUT2D eigenvalue weighted by Crippen LogP contribution is 2.11. The number of alkyl halides is 1. The van der Waals surface area contributed by atoms with Crippen molar-refractivity contribution in [2.45, 2.75) is 0 Å². The number of methoxy groups -OCH3 is 1. The molecule has 0 saturated carbocycles. The number of rotatable bonds is 1. The minimum atomic E-state index is -0.533. The van der Waals surface area contributed by atoms with E-state index in [0.717, 1.165) is 0 Å². The van der Waals surface area contributed by atoms with Gasteiger partial charge in [0.15, 0.2) is 0 Å². The van der Waals surface area contributed by atoms with Crippen LogP contribution in [0.15, 0.2) is 12.3 Å². The molecule has 0 bridgehead atoms. The van der Waals surface area contributed by atoms with Crippen LogP contribution in [0.1, 0.15) is 15.9 Å². The smallest absolute Gasteiger partial charge is 0.341 e. The summed E-state index contributed by atoms with van der Waals surface area (Å²) in [6.07, 6.45) is 1.47. The molecule has 0 fully saturated rings. The molecule has 0 saturated heterocycles. The summed E-state index contributed by atoms with van der Waals surface area (Å²) < 4.78 is 4.54. The van der Waals surface area contributed by atoms with Gasteiger partial charge in [0.2, 0.25) is 0 Å². The van der Waals surface area contributed by atoms with Gasteiger partial charge in [-0.15, -0.1) is 11.6 Å². The minimum Gasteiger partial charge on any atom is -0.465 e. The zero-order chi connectivity index (χ0) is 11.3. The fraction of sp³-hybridized carbons (Fsp3) is 0.200. The summed E-state index contributed by atoms with van der Waals surface area (Å²) in [6, 6.07) is 1.52. The van der Waals surface area contributed by atoms with Crippen LogP contribution in [0.3, 0.4) is 0 Å². The number of nitrogens with zero attached hydrogens (tertiary/aromatic N) is 1. The highest BCUT2D eigenvalue weighted by Gasteiger charge is 2.10. The SMILES string of the molecule is COC(=O)c1cc(C#CCCl)cnc1N. The van der Waals surface area contributed by atoms with Crippen molar-refractivity contribution in [2.24, 2.45) is 0 Å². The average Bonchev–Trinajstić information content (AvgIpc) is 2.27. The predicted molar refractivity (Wildman–Crippen MR) is 57.6 cm³/mol. The largest absolute Gasteiger partial charge is 0.465 e. The van der Waals surface area contributed by atoms with Crippen molar-refractivity contribution in [1.82, 2.24) is 4.98 Å². The lowest BCUT2D eigenvalue weighted by Crippen LogP contribution is -2.07. The molecular weight excluding hydrogens is 216 g/mol. The normalized spacial score (nSPS) is 8.93. The van der Waals surface area contributed by atoms with Crippen molar-refractivity contribution in [3.05, 3.63) is 23.4 Å². The first-order valence-electron chi connectivity index (χ1n) is 4.07. The maximum absolute atomic E-state index is 11.2. The Morgan fingerprint density at radius 3 is 3.07 bits per heavy atom. The highest BCUT2D eigenvalue weighted by molar-refractivity contribution is 6.19. The second kappa shape index (κ2) is 5.23. The van der Waals surface area contributed by atoms with Crippen LogP contribution in [0.2, 0.25) is 0 Å². The van der Waals surface area contributed by atoms with Gasteiger partial charge in [-0.25, -0.2) is 9.78 Å². The van der Waals surface area contributed by atoms with E-state index in [2.05, 4.69) is 21.6 Å². The predicted octanol–water partition coefficient (Wildman–Crippen LogP) is 1.04. The van der Waals surface area contributed by atoms with Gasteiger partial charge in [0.25, 0.3) is 0 Å². The summed E-state index contributed by atoms with van der Waals surface area (Å²) in [6.45, 7) is 0. The van der Waals surface area contributed by atoms with E-state index in [4.69, 9.17) is 17.3 Å². The van der Waals surface area contributed by atoms with Crippen LogP contribution in [-0.4, -0.2) is 23.9 Å². The van der Waals surface area contributed by atoms with Gasteiger partial charge >= 0.3 is 5.97 Å². The Balaban J connectivity index is 3.10. The number of hydrogen-bond donors (Lipinski definition) is 1. The summed E-state index contributed by atoms with van der Waals surface area (Å²) in [5.74, 6) is 5.19. The third-order valence-corrected chi connectivity index (χ3v) is 1.76. The molecule has 1 aromatic rings. The lowest BCUT2D eigenvalue weighted by atomic mass is 10.2. The van der Waals surface area contributed by atoms with E-state index >= 15 is 0 Å². The summed E-state index contributed by atoms with van der Waals surface area (Å²) in [5.41, 5.74) is 6.29. The molecule has 0 aliphatic heterocycles. The molecule has 0 aromatic carbocycles. The Hall–Kier alpha value is -1.73. The Morgan fingerprint density at radius 1 is 1.73 bits per heavy atom. The van der Waals surface area contributed by atoms with E-state index in [1.807, 2.05) is 0 Å². The molecule has 78 valence electrons. The third-order valence-electron chi connectivity index (χ3n) is 1.62. The first-order valence-corrected chi connectivity index (χ1v) is 4.61. The van der Waals surface area contributed by atoms with E-state index in [1.54, 1.807) is 0 Å². The number of carbonyl (C=O) groups is 1. The Morgan fingerprint density at radius 2 is 2.47 bits per heavy atom. The van der Waals surface area contributed by atoms with Crippen molar-refractivity contribution < 1.29 is 9.53 Å². The molecule has 0 aliphatic rings. The molecule has 0 amide bonds. The van der Waals surface area contributed by atoms with Crippen molar-refractivity contribution >= 4 is 23.4 Å². The summed E-state index contributed by atoms with van der Waals surface area (Å²) >= 11 is 5.40. The number of esters is 1. The van der Waals surface area contributed by atoms with E-state index in [9.17, 15) is 4.79 Å². The van der Waals surface area contributed by atoms with E-state index in [0.29, 0.717) is 5.56 Å². The highest BCUT2D eigenvalue weighted by atomic mass is 35.5. The number of halogens is 1. The molecule has 1 heterocycles. The minimum absolute atomic E-state index is 0.123. The quantitative estimate of drug-likeness (QED) is 0.440. The van der Waals surface area contributed by atoms with E-state index in [1.165, 1.54) is 19.4 Å². The number of nitrogen functional groups attached to an aromatic ring is 1. The number of hydrogen-bond acceptors (Lipinski definition) is 4. The zero-order valence-electron chi connectivity index (χ0n) is 8.08. The molecule has 0 atom stereocenters. The maximum atomic E-state index is 11.2. The number of ether oxygens (including phenoxy) is 1. The van der Waals surface area contributed by atoms with Gasteiger partial charge in [0.1, 0.15) is 11.4 Å². The average molecular weight is 225 g/mol. The Kier molecular flexibility index (Phi) is 3.95. The molecule has 1 aromatic heterocycles. The van der Waals surface area contributed by atoms with Crippen molar-refractivity contribution in [3.63, 3.8) is 0 Å². The molecular formula is C10H9ClN2O2. The Bertz CT molecular complexity index is 435. The maximum Gasteiger partial charge on any atom is 0.341 e. The van der Waals surface area contributed by atoms with Crippen LogP contribution < -0.4 is 5.73 Å². The van der Waals surface area contributed by atoms with Gasteiger partial charge in [0.05, 0.1) is 13.0 Å². The second-order valence-electron chi connectivity index (χ2n) is 2.58. The van der Waals surface area contributed by atoms with Gasteiger partial charge < -0.3 is 10.5 Å². The zero-order valence-corrected chi connectivity index (χ0v) is 8.84. The molecule has 15 heavy (non-hydrogen) atoms. The van der Waals surface area contributed by atoms with Gasteiger partial charge in [-0.2, -0.15) is 0 Å². The molecule has 5 heteroatoms. The molecule has 0 unspecified atom stereocenters. The van der Waals surface area contributed by atoms with Crippen molar-refractivity contribution in [3.8, 4) is 11.8 Å². The molecule has 0 aliphatic carbocycles. The Labute approximate surface area is 92.4 Å².